The van der Waals surface area contributed by atoms with Crippen LogP contribution in [0.2, 0.25) is 0 Å². The quantitative estimate of drug-likeness (QED) is 0.144. The molecule has 1 aliphatic rings. The molecule has 5 aromatic rings. The van der Waals surface area contributed by atoms with Gasteiger partial charge in [-0.15, -0.1) is 0 Å². The molecule has 0 unspecified atom stereocenters. The third kappa shape index (κ3) is 9.13. The lowest BCUT2D eigenvalue weighted by Crippen LogP contribution is -2.51. The fourth-order valence-corrected chi connectivity index (χ4v) is 6.71. The minimum atomic E-state index is -4.49. The zero-order valence-electron chi connectivity index (χ0n) is 27.4. The first kappa shape index (κ1) is 34.8. The van der Waals surface area contributed by atoms with Gasteiger partial charge in [0.1, 0.15) is 0 Å². The van der Waals surface area contributed by atoms with Crippen LogP contribution in [0.4, 0.5) is 13.2 Å². The number of carbonyl (C=O) groups is 2. The minimum absolute atomic E-state index is 0.183. The van der Waals surface area contributed by atoms with E-state index in [2.05, 4.69) is 32.0 Å². The number of carbonyl (C=O) groups excluding carboxylic acids is 2. The number of piperazine rings is 1. The third-order valence-corrected chi connectivity index (χ3v) is 9.55. The minimum Gasteiger partial charge on any atom is -0.348 e. The molecule has 1 N–H and O–H groups in total. The van der Waals surface area contributed by atoms with E-state index in [0.29, 0.717) is 31.7 Å². The van der Waals surface area contributed by atoms with E-state index >= 15 is 0 Å². The number of thiophene rings is 1. The Morgan fingerprint density at radius 3 is 2.18 bits per heavy atom. The predicted molar refractivity (Wildman–Crippen MR) is 191 cm³/mol. The number of rotatable bonds is 11. The van der Waals surface area contributed by atoms with Gasteiger partial charge in [0.25, 0.3) is 0 Å². The van der Waals surface area contributed by atoms with Crippen LogP contribution in [0.1, 0.15) is 27.8 Å². The first-order chi connectivity index (χ1) is 24.2. The van der Waals surface area contributed by atoms with E-state index in [0.717, 1.165) is 41.1 Å². The molecular formula is C40H37F3N4O2S. The van der Waals surface area contributed by atoms with Crippen LogP contribution in [0.25, 0.3) is 17.3 Å². The summed E-state index contributed by atoms with van der Waals surface area (Å²) in [6, 6.07) is 29.6. The molecule has 50 heavy (non-hydrogen) atoms. The molecule has 6 rings (SSSR count). The Morgan fingerprint density at radius 2 is 1.54 bits per heavy atom. The van der Waals surface area contributed by atoms with Gasteiger partial charge < -0.3 is 10.2 Å². The number of amides is 2. The molecule has 0 spiro atoms. The number of halogens is 3. The van der Waals surface area contributed by atoms with Crippen LogP contribution in [0, 0.1) is 5.92 Å². The van der Waals surface area contributed by atoms with Crippen LogP contribution in [-0.4, -0.2) is 52.8 Å². The maximum atomic E-state index is 14.4. The highest BCUT2D eigenvalue weighted by atomic mass is 32.1. The maximum Gasteiger partial charge on any atom is 0.416 e. The van der Waals surface area contributed by atoms with Gasteiger partial charge in [0.2, 0.25) is 11.8 Å². The maximum absolute atomic E-state index is 14.4. The second-order valence-electron chi connectivity index (χ2n) is 12.3. The summed E-state index contributed by atoms with van der Waals surface area (Å²) in [7, 11) is 0. The Labute approximate surface area is 293 Å². The summed E-state index contributed by atoms with van der Waals surface area (Å²) in [5, 5.41) is 7.17. The molecule has 1 atom stereocenters. The molecule has 6 nitrogen and oxygen atoms in total. The second kappa shape index (κ2) is 16.1. The number of alkyl halides is 3. The highest BCUT2D eigenvalue weighted by molar-refractivity contribution is 7.07. The molecule has 0 saturated carbocycles. The van der Waals surface area contributed by atoms with Gasteiger partial charge in [-0.3, -0.25) is 19.5 Å². The zero-order valence-corrected chi connectivity index (χ0v) is 28.2. The molecule has 2 amide bonds. The Balaban J connectivity index is 1.27. The van der Waals surface area contributed by atoms with Crippen molar-refractivity contribution >= 4 is 29.2 Å². The number of aromatic nitrogens is 1. The molecule has 2 aromatic heterocycles. The molecule has 1 aliphatic heterocycles. The Kier molecular flexibility index (Phi) is 11.2. The lowest BCUT2D eigenvalue weighted by atomic mass is 9.88. The van der Waals surface area contributed by atoms with Gasteiger partial charge in [-0.05, 0) is 75.8 Å². The predicted octanol–water partition coefficient (Wildman–Crippen LogP) is 7.73. The summed E-state index contributed by atoms with van der Waals surface area (Å²) in [6.45, 7) is 3.40. The highest BCUT2D eigenvalue weighted by Gasteiger charge is 2.34. The first-order valence-corrected chi connectivity index (χ1v) is 17.4. The number of hydrogen-bond donors (Lipinski definition) is 1. The molecule has 0 radical (unpaired) electrons. The van der Waals surface area contributed by atoms with Crippen molar-refractivity contribution in [2.75, 3.05) is 26.2 Å². The topological polar surface area (TPSA) is 65.5 Å². The van der Waals surface area contributed by atoms with Gasteiger partial charge >= 0.3 is 6.18 Å². The van der Waals surface area contributed by atoms with Crippen LogP contribution < -0.4 is 5.32 Å². The van der Waals surface area contributed by atoms with E-state index in [4.69, 9.17) is 0 Å². The van der Waals surface area contributed by atoms with Crippen LogP contribution in [0.5, 0.6) is 0 Å². The lowest BCUT2D eigenvalue weighted by molar-refractivity contribution is -0.138. The smallest absolute Gasteiger partial charge is 0.348 e. The van der Waals surface area contributed by atoms with E-state index in [1.807, 2.05) is 77.7 Å². The second-order valence-corrected chi connectivity index (χ2v) is 13.1. The van der Waals surface area contributed by atoms with E-state index < -0.39 is 23.6 Å². The van der Waals surface area contributed by atoms with Crippen LogP contribution in [0.15, 0.2) is 126 Å². The van der Waals surface area contributed by atoms with Crippen molar-refractivity contribution in [3.63, 3.8) is 0 Å². The van der Waals surface area contributed by atoms with Crippen LogP contribution >= 0.6 is 11.3 Å². The summed E-state index contributed by atoms with van der Waals surface area (Å²) >= 11 is 1.66. The largest absolute Gasteiger partial charge is 0.416 e. The normalized spacial score (nSPS) is 14.7. The molecule has 3 aromatic carbocycles. The van der Waals surface area contributed by atoms with Crippen molar-refractivity contribution in [2.24, 2.45) is 5.92 Å². The standard InChI is InChI=1S/C40H37F3N4O2S/c41-40(42,43)34-15-11-30(12-16-34)24-35(38(48)45-26-31-9-13-33(14-10-31)37-8-4-5-18-44-37)36(25-29-6-2-1-3-7-29)39(49)47-21-19-46(20-22-47)27-32-17-23-50-28-32/h1-18,23-24,28,36H,19-22,25-27H2,(H,45,48)/t36-/m0/s1. The summed E-state index contributed by atoms with van der Waals surface area (Å²) < 4.78 is 40.1. The van der Waals surface area contributed by atoms with Gasteiger partial charge in [-0.25, -0.2) is 0 Å². The van der Waals surface area contributed by atoms with Gasteiger partial charge in [0, 0.05) is 56.6 Å². The Bertz CT molecular complexity index is 1870. The van der Waals surface area contributed by atoms with Crippen molar-refractivity contribution < 1.29 is 22.8 Å². The summed E-state index contributed by atoms with van der Waals surface area (Å²) in [5.74, 6) is -1.50. The van der Waals surface area contributed by atoms with Gasteiger partial charge in [0.15, 0.2) is 0 Å². The fraction of sp³-hybridized carbons (Fsp3) is 0.225. The Hall–Kier alpha value is -5.06. The van der Waals surface area contributed by atoms with E-state index in [-0.39, 0.29) is 24.4 Å². The first-order valence-electron chi connectivity index (χ1n) is 16.5. The summed E-state index contributed by atoms with van der Waals surface area (Å²) in [5.41, 5.74) is 4.54. The van der Waals surface area contributed by atoms with Crippen molar-refractivity contribution in [2.45, 2.75) is 25.7 Å². The third-order valence-electron chi connectivity index (χ3n) is 8.82. The number of nitrogens with one attached hydrogen (secondary N) is 1. The number of hydrogen-bond acceptors (Lipinski definition) is 5. The average molecular weight is 695 g/mol. The summed E-state index contributed by atoms with van der Waals surface area (Å²) in [6.07, 6.45) is -0.955. The van der Waals surface area contributed by atoms with Crippen LogP contribution in [0.3, 0.4) is 0 Å². The average Bonchev–Trinajstić information content (AvgIpc) is 3.66. The number of benzene rings is 3. The SMILES string of the molecule is O=C(NCc1ccc(-c2ccccn2)cc1)C(=Cc1ccc(C(F)(F)F)cc1)[C@H](Cc1ccccc1)C(=O)N1CCN(Cc2ccsc2)CC1. The molecule has 256 valence electrons. The molecular weight excluding hydrogens is 658 g/mol. The van der Waals surface area contributed by atoms with E-state index in [9.17, 15) is 22.8 Å². The van der Waals surface area contributed by atoms with Crippen molar-refractivity contribution in [3.8, 4) is 11.3 Å². The molecule has 3 heterocycles. The van der Waals surface area contributed by atoms with Gasteiger partial charge in [-0.1, -0.05) is 72.8 Å². The van der Waals surface area contributed by atoms with E-state index in [1.54, 1.807) is 23.6 Å². The fourth-order valence-electron chi connectivity index (χ4n) is 6.05. The van der Waals surface area contributed by atoms with E-state index in [1.165, 1.54) is 17.7 Å². The monoisotopic (exact) mass is 694 g/mol. The number of pyridine rings is 1. The molecule has 10 heteroatoms. The molecule has 0 bridgehead atoms. The number of nitrogens with zero attached hydrogens (tertiary/aromatic N) is 3. The Morgan fingerprint density at radius 1 is 0.820 bits per heavy atom. The van der Waals surface area contributed by atoms with Gasteiger partial charge in [-0.2, -0.15) is 24.5 Å². The van der Waals surface area contributed by atoms with Crippen LogP contribution in [-0.2, 0) is 35.3 Å². The highest BCUT2D eigenvalue weighted by Crippen LogP contribution is 2.30. The summed E-state index contributed by atoms with van der Waals surface area (Å²) in [4.78, 5) is 37.1. The van der Waals surface area contributed by atoms with Crippen molar-refractivity contribution in [1.29, 1.82) is 0 Å². The van der Waals surface area contributed by atoms with Crippen molar-refractivity contribution in [3.05, 3.63) is 153 Å². The molecule has 0 aliphatic carbocycles. The zero-order chi connectivity index (χ0) is 34.9. The lowest BCUT2D eigenvalue weighted by Gasteiger charge is -2.36. The van der Waals surface area contributed by atoms with Crippen molar-refractivity contribution in [1.82, 2.24) is 20.1 Å². The molecule has 1 saturated heterocycles. The molecule has 1 fully saturated rings. The van der Waals surface area contributed by atoms with Gasteiger partial charge in [0.05, 0.1) is 17.2 Å².